The normalized spacial score (nSPS) is 11.7. The highest BCUT2D eigenvalue weighted by Crippen LogP contribution is 2.22. The predicted molar refractivity (Wildman–Crippen MR) is 94.4 cm³/mol. The number of guanidine groups is 1. The van der Waals surface area contributed by atoms with Gasteiger partial charge in [-0.15, -0.1) is 11.3 Å². The zero-order valence-electron chi connectivity index (χ0n) is 12.5. The smallest absolute Gasteiger partial charge is 0.193 e. The standard InChI is InChI=1S/C14H24ClN3S2/c1-4-16-14(17-9-5-6-10-19-3)18(2)11-12-7-8-13(15)20-12/h7-8H,4-6,9-11H2,1-3H3,(H,16,17). The molecule has 0 aliphatic heterocycles. The molecule has 1 aromatic heterocycles. The third kappa shape index (κ3) is 6.86. The Labute approximate surface area is 135 Å². The van der Waals surface area contributed by atoms with Crippen LogP contribution in [0.25, 0.3) is 0 Å². The molecule has 0 bridgehead atoms. The first-order valence-corrected chi connectivity index (χ1v) is 9.48. The number of unbranched alkanes of at least 4 members (excludes halogenated alkanes) is 1. The van der Waals surface area contributed by atoms with Crippen molar-refractivity contribution in [2.75, 3.05) is 32.1 Å². The Morgan fingerprint density at radius 3 is 2.85 bits per heavy atom. The Morgan fingerprint density at radius 1 is 1.45 bits per heavy atom. The lowest BCUT2D eigenvalue weighted by atomic mass is 10.3. The second kappa shape index (κ2) is 10.4. The summed E-state index contributed by atoms with van der Waals surface area (Å²) in [4.78, 5) is 8.09. The van der Waals surface area contributed by atoms with Crippen molar-refractivity contribution in [2.45, 2.75) is 26.3 Å². The first-order chi connectivity index (χ1) is 9.67. The summed E-state index contributed by atoms with van der Waals surface area (Å²) in [6.07, 6.45) is 4.52. The van der Waals surface area contributed by atoms with Crippen molar-refractivity contribution in [3.63, 3.8) is 0 Å². The minimum absolute atomic E-state index is 0.840. The van der Waals surface area contributed by atoms with Crippen LogP contribution in [0.3, 0.4) is 0 Å². The van der Waals surface area contributed by atoms with Crippen LogP contribution < -0.4 is 5.32 Å². The third-order valence-electron chi connectivity index (χ3n) is 2.74. The van der Waals surface area contributed by atoms with Crippen LogP contribution in [0.4, 0.5) is 0 Å². The highest BCUT2D eigenvalue weighted by molar-refractivity contribution is 7.98. The molecular formula is C14H24ClN3S2. The van der Waals surface area contributed by atoms with Gasteiger partial charge in [-0.25, -0.2) is 0 Å². The quantitative estimate of drug-likeness (QED) is 0.443. The minimum atomic E-state index is 0.840. The molecule has 1 aromatic rings. The SMILES string of the molecule is CCNC(=NCCCCSC)N(C)Cc1ccc(Cl)s1. The summed E-state index contributed by atoms with van der Waals surface area (Å²) in [6, 6.07) is 4.02. The van der Waals surface area contributed by atoms with E-state index in [0.29, 0.717) is 0 Å². The van der Waals surface area contributed by atoms with Crippen molar-refractivity contribution in [3.05, 3.63) is 21.3 Å². The van der Waals surface area contributed by atoms with Gasteiger partial charge in [-0.05, 0) is 43.9 Å². The molecule has 20 heavy (non-hydrogen) atoms. The molecule has 0 aliphatic carbocycles. The van der Waals surface area contributed by atoms with Gasteiger partial charge in [-0.3, -0.25) is 4.99 Å². The summed E-state index contributed by atoms with van der Waals surface area (Å²) in [6.45, 7) is 4.71. The maximum Gasteiger partial charge on any atom is 0.193 e. The van der Waals surface area contributed by atoms with Crippen molar-refractivity contribution in [2.24, 2.45) is 4.99 Å². The zero-order valence-corrected chi connectivity index (χ0v) is 14.9. The number of aliphatic imine (C=N–C) groups is 1. The van der Waals surface area contributed by atoms with E-state index in [1.165, 1.54) is 17.1 Å². The topological polar surface area (TPSA) is 27.6 Å². The fourth-order valence-electron chi connectivity index (χ4n) is 1.76. The molecule has 0 saturated heterocycles. The molecule has 0 fully saturated rings. The van der Waals surface area contributed by atoms with Gasteiger partial charge in [-0.2, -0.15) is 11.8 Å². The van der Waals surface area contributed by atoms with Crippen molar-refractivity contribution in [1.29, 1.82) is 0 Å². The molecule has 0 unspecified atom stereocenters. The second-order valence-corrected chi connectivity index (χ2v) is 7.28. The van der Waals surface area contributed by atoms with E-state index in [-0.39, 0.29) is 0 Å². The van der Waals surface area contributed by atoms with E-state index >= 15 is 0 Å². The lowest BCUT2D eigenvalue weighted by molar-refractivity contribution is 0.481. The van der Waals surface area contributed by atoms with Crippen molar-refractivity contribution in [1.82, 2.24) is 10.2 Å². The van der Waals surface area contributed by atoms with Gasteiger partial charge in [-0.1, -0.05) is 11.6 Å². The van der Waals surface area contributed by atoms with Gasteiger partial charge in [0.15, 0.2) is 5.96 Å². The van der Waals surface area contributed by atoms with E-state index in [1.807, 2.05) is 17.8 Å². The van der Waals surface area contributed by atoms with E-state index in [0.717, 1.165) is 36.4 Å². The summed E-state index contributed by atoms with van der Waals surface area (Å²) < 4.78 is 0.840. The summed E-state index contributed by atoms with van der Waals surface area (Å²) in [7, 11) is 2.07. The van der Waals surface area contributed by atoms with E-state index in [2.05, 4.69) is 41.5 Å². The van der Waals surface area contributed by atoms with E-state index in [1.54, 1.807) is 11.3 Å². The molecule has 3 nitrogen and oxygen atoms in total. The molecule has 0 amide bonds. The van der Waals surface area contributed by atoms with E-state index in [9.17, 15) is 0 Å². The second-order valence-electron chi connectivity index (χ2n) is 4.50. The largest absolute Gasteiger partial charge is 0.357 e. The molecule has 0 radical (unpaired) electrons. The van der Waals surface area contributed by atoms with Gasteiger partial charge >= 0.3 is 0 Å². The van der Waals surface area contributed by atoms with Gasteiger partial charge in [0, 0.05) is 25.0 Å². The molecule has 1 N–H and O–H groups in total. The lowest BCUT2D eigenvalue weighted by Gasteiger charge is -2.21. The fraction of sp³-hybridized carbons (Fsp3) is 0.643. The van der Waals surface area contributed by atoms with Gasteiger partial charge in [0.2, 0.25) is 0 Å². The lowest BCUT2D eigenvalue weighted by Crippen LogP contribution is -2.38. The average molecular weight is 334 g/mol. The Morgan fingerprint density at radius 2 is 2.25 bits per heavy atom. The molecule has 114 valence electrons. The molecule has 1 heterocycles. The molecule has 0 saturated carbocycles. The van der Waals surface area contributed by atoms with Gasteiger partial charge in [0.05, 0.1) is 10.9 Å². The van der Waals surface area contributed by atoms with Crippen LogP contribution in [-0.4, -0.2) is 43.0 Å². The zero-order chi connectivity index (χ0) is 14.8. The van der Waals surface area contributed by atoms with Crippen LogP contribution in [0.2, 0.25) is 4.34 Å². The number of nitrogens with one attached hydrogen (secondary N) is 1. The number of thiophene rings is 1. The van der Waals surface area contributed by atoms with E-state index < -0.39 is 0 Å². The number of nitrogens with zero attached hydrogens (tertiary/aromatic N) is 2. The summed E-state index contributed by atoms with van der Waals surface area (Å²) in [5.74, 6) is 2.19. The summed E-state index contributed by atoms with van der Waals surface area (Å²) in [5.41, 5.74) is 0. The number of thioether (sulfide) groups is 1. The van der Waals surface area contributed by atoms with E-state index in [4.69, 9.17) is 11.6 Å². The van der Waals surface area contributed by atoms with Crippen LogP contribution >= 0.6 is 34.7 Å². The Balaban J connectivity index is 2.48. The molecule has 0 aliphatic rings. The van der Waals surface area contributed by atoms with Crippen LogP contribution in [0, 0.1) is 0 Å². The molecule has 0 atom stereocenters. The molecular weight excluding hydrogens is 310 g/mol. The van der Waals surface area contributed by atoms with Crippen LogP contribution in [0.1, 0.15) is 24.6 Å². The van der Waals surface area contributed by atoms with Crippen LogP contribution in [-0.2, 0) is 6.54 Å². The molecule has 0 spiro atoms. The van der Waals surface area contributed by atoms with Crippen molar-refractivity contribution < 1.29 is 0 Å². The Bertz CT molecular complexity index is 407. The van der Waals surface area contributed by atoms with Crippen molar-refractivity contribution in [3.8, 4) is 0 Å². The van der Waals surface area contributed by atoms with Crippen molar-refractivity contribution >= 4 is 40.7 Å². The monoisotopic (exact) mass is 333 g/mol. The Kier molecular flexibility index (Phi) is 9.14. The number of rotatable bonds is 8. The minimum Gasteiger partial charge on any atom is -0.357 e. The first-order valence-electron chi connectivity index (χ1n) is 6.90. The number of hydrogen-bond acceptors (Lipinski definition) is 3. The number of hydrogen-bond donors (Lipinski definition) is 1. The first kappa shape index (κ1) is 17.7. The van der Waals surface area contributed by atoms with Crippen LogP contribution in [0.15, 0.2) is 17.1 Å². The Hall–Kier alpha value is -0.390. The summed E-state index contributed by atoms with van der Waals surface area (Å²) >= 11 is 9.49. The van der Waals surface area contributed by atoms with Gasteiger partial charge < -0.3 is 10.2 Å². The average Bonchev–Trinajstić information content (AvgIpc) is 2.82. The molecule has 0 aromatic carbocycles. The number of halogens is 1. The van der Waals surface area contributed by atoms with Crippen LogP contribution in [0.5, 0.6) is 0 Å². The fourth-order valence-corrected chi connectivity index (χ4v) is 3.39. The third-order valence-corrected chi connectivity index (χ3v) is 4.65. The molecule has 6 heteroatoms. The maximum atomic E-state index is 5.97. The summed E-state index contributed by atoms with van der Waals surface area (Å²) in [5, 5.41) is 3.34. The predicted octanol–water partition coefficient (Wildman–Crippen LogP) is 3.94. The maximum absolute atomic E-state index is 5.97. The molecule has 1 rings (SSSR count). The van der Waals surface area contributed by atoms with Gasteiger partial charge in [0.1, 0.15) is 0 Å². The van der Waals surface area contributed by atoms with Gasteiger partial charge in [0.25, 0.3) is 0 Å². The highest BCUT2D eigenvalue weighted by atomic mass is 35.5. The highest BCUT2D eigenvalue weighted by Gasteiger charge is 2.07.